The molecule has 45 valence electrons. The maximum atomic E-state index is 3.96. The van der Waals surface area contributed by atoms with Gasteiger partial charge in [0.25, 0.3) is 0 Å². The van der Waals surface area contributed by atoms with Crippen LogP contribution in [0.3, 0.4) is 0 Å². The van der Waals surface area contributed by atoms with E-state index < -0.39 is 0 Å². The van der Waals surface area contributed by atoms with Crippen LogP contribution in [0, 0.1) is 0 Å². The average Bonchev–Trinajstić information content (AvgIpc) is 2.33. The monoisotopic (exact) mass is 119 g/mol. The molecule has 0 aromatic carbocycles. The molecule has 2 rings (SSSR count). The van der Waals surface area contributed by atoms with Gasteiger partial charge in [0.1, 0.15) is 0 Å². The van der Waals surface area contributed by atoms with Gasteiger partial charge in [0.2, 0.25) is 0 Å². The first-order valence-corrected chi connectivity index (χ1v) is 3.10. The third kappa shape index (κ3) is 0.669. The summed E-state index contributed by atoms with van der Waals surface area (Å²) in [6.45, 7) is 0. The van der Waals surface area contributed by atoms with Crippen LogP contribution < -0.4 is 5.43 Å². The molecule has 0 N–H and O–H groups in total. The van der Waals surface area contributed by atoms with E-state index in [1.54, 1.807) is 0 Å². The van der Waals surface area contributed by atoms with E-state index in [0.29, 0.717) is 0 Å². The SMILES string of the molecule is C1=CC2=C(CC1)[N]N=C2. The summed E-state index contributed by atoms with van der Waals surface area (Å²) in [6, 6.07) is 0. The molecular formula is C7H7N2. The third-order valence-corrected chi connectivity index (χ3v) is 1.55. The van der Waals surface area contributed by atoms with Crippen LogP contribution in [0.2, 0.25) is 0 Å². The van der Waals surface area contributed by atoms with Crippen LogP contribution in [0.1, 0.15) is 12.8 Å². The van der Waals surface area contributed by atoms with Gasteiger partial charge in [-0.2, -0.15) is 10.5 Å². The van der Waals surface area contributed by atoms with Crippen molar-refractivity contribution in [1.82, 2.24) is 5.43 Å². The molecule has 0 aromatic rings. The topological polar surface area (TPSA) is 26.5 Å². The van der Waals surface area contributed by atoms with Gasteiger partial charge in [0, 0.05) is 5.57 Å². The predicted molar refractivity (Wildman–Crippen MR) is 36.0 cm³/mol. The normalized spacial score (nSPS) is 22.2. The summed E-state index contributed by atoms with van der Waals surface area (Å²) in [5.74, 6) is 0. The molecule has 2 nitrogen and oxygen atoms in total. The van der Waals surface area contributed by atoms with Crippen molar-refractivity contribution in [3.63, 3.8) is 0 Å². The fourth-order valence-corrected chi connectivity index (χ4v) is 1.06. The van der Waals surface area contributed by atoms with E-state index in [2.05, 4.69) is 22.7 Å². The molecule has 0 amide bonds. The molecular weight excluding hydrogens is 112 g/mol. The Balaban J connectivity index is 2.35. The Morgan fingerprint density at radius 1 is 1.44 bits per heavy atom. The summed E-state index contributed by atoms with van der Waals surface area (Å²) in [5.41, 5.74) is 6.30. The predicted octanol–water partition coefficient (Wildman–Crippen LogP) is 1.19. The summed E-state index contributed by atoms with van der Waals surface area (Å²) in [4.78, 5) is 0. The van der Waals surface area contributed by atoms with Gasteiger partial charge in [-0.3, -0.25) is 0 Å². The lowest BCUT2D eigenvalue weighted by Gasteiger charge is -2.02. The fraction of sp³-hybridized carbons (Fsp3) is 0.286. The first-order chi connectivity index (χ1) is 4.47. The van der Waals surface area contributed by atoms with Crippen molar-refractivity contribution >= 4 is 6.21 Å². The van der Waals surface area contributed by atoms with E-state index in [-0.39, 0.29) is 0 Å². The van der Waals surface area contributed by atoms with Gasteiger partial charge in [0.15, 0.2) is 0 Å². The van der Waals surface area contributed by atoms with Crippen molar-refractivity contribution in [3.05, 3.63) is 23.4 Å². The van der Waals surface area contributed by atoms with Crippen molar-refractivity contribution in [2.45, 2.75) is 12.8 Å². The highest BCUT2D eigenvalue weighted by Crippen LogP contribution is 2.18. The molecule has 1 aliphatic carbocycles. The lowest BCUT2D eigenvalue weighted by Crippen LogP contribution is -1.96. The molecule has 1 radical (unpaired) electrons. The molecule has 0 saturated heterocycles. The maximum Gasteiger partial charge on any atom is 0.0721 e. The number of rotatable bonds is 0. The highest BCUT2D eigenvalue weighted by molar-refractivity contribution is 5.85. The second-order valence-corrected chi connectivity index (χ2v) is 2.19. The van der Waals surface area contributed by atoms with Crippen molar-refractivity contribution < 1.29 is 0 Å². The second-order valence-electron chi connectivity index (χ2n) is 2.19. The minimum atomic E-state index is 1.06. The van der Waals surface area contributed by atoms with E-state index >= 15 is 0 Å². The summed E-state index contributed by atoms with van der Waals surface area (Å²) >= 11 is 0. The standard InChI is InChI=1S/C7H7N2/c1-2-4-7-6(3-1)5-8-9-7/h1,3,5H,2,4H2. The summed E-state index contributed by atoms with van der Waals surface area (Å²) in [7, 11) is 0. The zero-order valence-corrected chi connectivity index (χ0v) is 5.04. The van der Waals surface area contributed by atoms with E-state index in [9.17, 15) is 0 Å². The number of nitrogens with zero attached hydrogens (tertiary/aromatic N) is 2. The Kier molecular flexibility index (Phi) is 0.918. The Morgan fingerprint density at radius 3 is 3.33 bits per heavy atom. The molecule has 0 unspecified atom stereocenters. The van der Waals surface area contributed by atoms with Crippen LogP contribution in [0.15, 0.2) is 28.5 Å². The first kappa shape index (κ1) is 4.79. The lowest BCUT2D eigenvalue weighted by atomic mass is 10.1. The zero-order valence-electron chi connectivity index (χ0n) is 5.04. The first-order valence-electron chi connectivity index (χ1n) is 3.10. The molecule has 0 spiro atoms. The molecule has 2 heteroatoms. The van der Waals surface area contributed by atoms with Crippen molar-refractivity contribution in [2.75, 3.05) is 0 Å². The molecule has 2 aliphatic rings. The van der Waals surface area contributed by atoms with Gasteiger partial charge >= 0.3 is 0 Å². The van der Waals surface area contributed by atoms with Crippen LogP contribution in [0.25, 0.3) is 0 Å². The summed E-state index contributed by atoms with van der Waals surface area (Å²) in [6.07, 6.45) is 8.23. The quantitative estimate of drug-likeness (QED) is 0.458. The van der Waals surface area contributed by atoms with E-state index in [1.807, 2.05) is 6.21 Å². The summed E-state index contributed by atoms with van der Waals surface area (Å²) < 4.78 is 0. The zero-order chi connectivity index (χ0) is 6.10. The third-order valence-electron chi connectivity index (χ3n) is 1.55. The van der Waals surface area contributed by atoms with Crippen LogP contribution in [-0.2, 0) is 0 Å². The highest BCUT2D eigenvalue weighted by atomic mass is 15.3. The number of hydrogen-bond donors (Lipinski definition) is 0. The highest BCUT2D eigenvalue weighted by Gasteiger charge is 2.11. The molecule has 0 atom stereocenters. The van der Waals surface area contributed by atoms with E-state index in [0.717, 1.165) is 18.5 Å². The molecule has 1 aliphatic heterocycles. The molecule has 0 fully saturated rings. The summed E-state index contributed by atoms with van der Waals surface area (Å²) in [5, 5.41) is 3.80. The minimum Gasteiger partial charge on any atom is -0.158 e. The Hall–Kier alpha value is -1.05. The van der Waals surface area contributed by atoms with Gasteiger partial charge in [0.05, 0.1) is 11.9 Å². The lowest BCUT2D eigenvalue weighted by molar-refractivity contribution is 0.795. The average molecular weight is 119 g/mol. The van der Waals surface area contributed by atoms with Gasteiger partial charge in [-0.25, -0.2) is 0 Å². The van der Waals surface area contributed by atoms with Gasteiger partial charge in [-0.05, 0) is 12.8 Å². The van der Waals surface area contributed by atoms with Crippen molar-refractivity contribution in [1.29, 1.82) is 0 Å². The van der Waals surface area contributed by atoms with E-state index in [4.69, 9.17) is 0 Å². The Bertz CT molecular complexity index is 211. The van der Waals surface area contributed by atoms with Crippen molar-refractivity contribution in [3.8, 4) is 0 Å². The molecule has 0 aromatic heterocycles. The van der Waals surface area contributed by atoms with Gasteiger partial charge in [-0.1, -0.05) is 12.2 Å². The molecule has 9 heavy (non-hydrogen) atoms. The maximum absolute atomic E-state index is 3.96. The minimum absolute atomic E-state index is 1.06. The molecule has 0 saturated carbocycles. The van der Waals surface area contributed by atoms with Gasteiger partial charge in [-0.15, -0.1) is 0 Å². The van der Waals surface area contributed by atoms with Crippen LogP contribution in [0.5, 0.6) is 0 Å². The van der Waals surface area contributed by atoms with Crippen LogP contribution in [0.4, 0.5) is 0 Å². The smallest absolute Gasteiger partial charge is 0.0721 e. The van der Waals surface area contributed by atoms with Crippen LogP contribution >= 0.6 is 0 Å². The number of allylic oxidation sites excluding steroid dienone is 4. The van der Waals surface area contributed by atoms with E-state index in [1.165, 1.54) is 5.57 Å². The molecule has 1 heterocycles. The number of hydrogen-bond acceptors (Lipinski definition) is 1. The fourth-order valence-electron chi connectivity index (χ4n) is 1.06. The Morgan fingerprint density at radius 2 is 2.44 bits per heavy atom. The van der Waals surface area contributed by atoms with Crippen LogP contribution in [-0.4, -0.2) is 6.21 Å². The van der Waals surface area contributed by atoms with Crippen molar-refractivity contribution in [2.24, 2.45) is 5.10 Å². The second kappa shape index (κ2) is 1.72. The Labute approximate surface area is 54.0 Å². The molecule has 0 bridgehead atoms. The largest absolute Gasteiger partial charge is 0.158 e. The van der Waals surface area contributed by atoms with Gasteiger partial charge < -0.3 is 0 Å².